The summed E-state index contributed by atoms with van der Waals surface area (Å²) in [5, 5.41) is 6.35. The molecule has 17 heavy (non-hydrogen) atoms. The number of hydrogen-bond donors (Lipinski definition) is 2. The zero-order valence-corrected chi connectivity index (χ0v) is 10.4. The van der Waals surface area contributed by atoms with Crippen molar-refractivity contribution in [2.24, 2.45) is 5.92 Å². The van der Waals surface area contributed by atoms with Crippen molar-refractivity contribution in [1.82, 2.24) is 15.0 Å². The third kappa shape index (κ3) is 3.72. The summed E-state index contributed by atoms with van der Waals surface area (Å²) in [6.07, 6.45) is 3.63. The van der Waals surface area contributed by atoms with Gasteiger partial charge in [0, 0.05) is 13.1 Å². The molecule has 0 unspecified atom stereocenters. The zero-order valence-electron chi connectivity index (χ0n) is 10.4. The summed E-state index contributed by atoms with van der Waals surface area (Å²) in [5.41, 5.74) is 0. The molecule has 6 nitrogen and oxygen atoms in total. The van der Waals surface area contributed by atoms with Gasteiger partial charge in [-0.1, -0.05) is 6.92 Å². The maximum absolute atomic E-state index is 5.06. The van der Waals surface area contributed by atoms with E-state index in [-0.39, 0.29) is 0 Å². The monoisotopic (exact) mass is 237 g/mol. The Bertz CT molecular complexity index is 367. The first-order chi connectivity index (χ1) is 8.31. The predicted octanol–water partition coefficient (Wildman–Crippen LogP) is 1.52. The fraction of sp³-hybridized carbons (Fsp3) is 0.727. The summed E-state index contributed by atoms with van der Waals surface area (Å²) in [7, 11) is 1.56. The number of rotatable bonds is 7. The van der Waals surface area contributed by atoms with Gasteiger partial charge in [0.15, 0.2) is 0 Å². The zero-order chi connectivity index (χ0) is 12.1. The molecule has 2 rings (SSSR count). The topological polar surface area (TPSA) is 72.0 Å². The van der Waals surface area contributed by atoms with Gasteiger partial charge in [-0.05, 0) is 25.2 Å². The van der Waals surface area contributed by atoms with Gasteiger partial charge in [0.2, 0.25) is 11.9 Å². The molecule has 1 aromatic rings. The normalized spacial score (nSPS) is 14.5. The maximum Gasteiger partial charge on any atom is 0.322 e. The molecule has 0 aromatic carbocycles. The number of nitrogens with zero attached hydrogens (tertiary/aromatic N) is 3. The van der Waals surface area contributed by atoms with Crippen LogP contribution in [0.15, 0.2) is 0 Å². The van der Waals surface area contributed by atoms with Gasteiger partial charge in [-0.3, -0.25) is 0 Å². The molecule has 1 heterocycles. The predicted molar refractivity (Wildman–Crippen MR) is 66.4 cm³/mol. The number of aromatic nitrogens is 3. The molecule has 1 saturated carbocycles. The van der Waals surface area contributed by atoms with Crippen LogP contribution in [0.5, 0.6) is 6.01 Å². The Morgan fingerprint density at radius 2 is 1.88 bits per heavy atom. The van der Waals surface area contributed by atoms with Gasteiger partial charge in [0.25, 0.3) is 0 Å². The second-order valence-corrected chi connectivity index (χ2v) is 4.22. The second kappa shape index (κ2) is 5.65. The quantitative estimate of drug-likeness (QED) is 0.749. The van der Waals surface area contributed by atoms with Crippen LogP contribution >= 0.6 is 0 Å². The van der Waals surface area contributed by atoms with Crippen molar-refractivity contribution >= 4 is 11.9 Å². The Hall–Kier alpha value is -1.59. The lowest BCUT2D eigenvalue weighted by molar-refractivity contribution is 0.379. The van der Waals surface area contributed by atoms with Crippen LogP contribution in [0.3, 0.4) is 0 Å². The first kappa shape index (κ1) is 11.9. The van der Waals surface area contributed by atoms with Crippen molar-refractivity contribution in [3.05, 3.63) is 0 Å². The summed E-state index contributed by atoms with van der Waals surface area (Å²) in [4.78, 5) is 12.6. The minimum atomic E-state index is 0.344. The van der Waals surface area contributed by atoms with Gasteiger partial charge in [0.05, 0.1) is 7.11 Å². The Morgan fingerprint density at radius 3 is 2.47 bits per heavy atom. The standard InChI is InChI=1S/C11H19N5O/c1-3-6-12-9-14-10(13-7-8-4-5-8)16-11(15-9)17-2/h8H,3-7H2,1-2H3,(H2,12,13,14,15,16). The van der Waals surface area contributed by atoms with Crippen LogP contribution in [0.4, 0.5) is 11.9 Å². The first-order valence-electron chi connectivity index (χ1n) is 6.09. The molecule has 94 valence electrons. The molecular formula is C11H19N5O. The Labute approximate surface area is 101 Å². The molecule has 1 aromatic heterocycles. The highest BCUT2D eigenvalue weighted by atomic mass is 16.5. The van der Waals surface area contributed by atoms with Crippen molar-refractivity contribution in [1.29, 1.82) is 0 Å². The van der Waals surface area contributed by atoms with E-state index in [1.165, 1.54) is 12.8 Å². The number of hydrogen-bond acceptors (Lipinski definition) is 6. The molecule has 1 fully saturated rings. The summed E-state index contributed by atoms with van der Waals surface area (Å²) < 4.78 is 5.06. The molecular weight excluding hydrogens is 218 g/mol. The van der Waals surface area contributed by atoms with Gasteiger partial charge in [-0.25, -0.2) is 0 Å². The van der Waals surface area contributed by atoms with E-state index in [9.17, 15) is 0 Å². The molecule has 1 aliphatic carbocycles. The van der Waals surface area contributed by atoms with E-state index in [0.29, 0.717) is 17.9 Å². The summed E-state index contributed by atoms with van der Waals surface area (Å²) in [5.74, 6) is 1.93. The second-order valence-electron chi connectivity index (χ2n) is 4.22. The Balaban J connectivity index is 2.00. The number of nitrogens with one attached hydrogen (secondary N) is 2. The van der Waals surface area contributed by atoms with Crippen molar-refractivity contribution < 1.29 is 4.74 Å². The highest BCUT2D eigenvalue weighted by Crippen LogP contribution is 2.28. The van der Waals surface area contributed by atoms with E-state index in [1.807, 2.05) is 0 Å². The highest BCUT2D eigenvalue weighted by Gasteiger charge is 2.21. The fourth-order valence-corrected chi connectivity index (χ4v) is 1.40. The van der Waals surface area contributed by atoms with Crippen LogP contribution in [0.25, 0.3) is 0 Å². The van der Waals surface area contributed by atoms with Crippen molar-refractivity contribution in [2.75, 3.05) is 30.8 Å². The van der Waals surface area contributed by atoms with Crippen molar-refractivity contribution in [3.8, 4) is 6.01 Å². The minimum Gasteiger partial charge on any atom is -0.467 e. The lowest BCUT2D eigenvalue weighted by Crippen LogP contribution is -2.12. The van der Waals surface area contributed by atoms with Crippen LogP contribution in [0.1, 0.15) is 26.2 Å². The number of methoxy groups -OCH3 is 1. The molecule has 6 heteroatoms. The Morgan fingerprint density at radius 1 is 1.18 bits per heavy atom. The van der Waals surface area contributed by atoms with Gasteiger partial charge in [-0.2, -0.15) is 15.0 Å². The highest BCUT2D eigenvalue weighted by molar-refractivity contribution is 5.35. The van der Waals surface area contributed by atoms with Crippen molar-refractivity contribution in [2.45, 2.75) is 26.2 Å². The third-order valence-electron chi connectivity index (χ3n) is 2.58. The molecule has 0 radical (unpaired) electrons. The van der Waals surface area contributed by atoms with Crippen LogP contribution in [-0.4, -0.2) is 35.2 Å². The lowest BCUT2D eigenvalue weighted by atomic mass is 10.4. The average molecular weight is 237 g/mol. The van der Waals surface area contributed by atoms with E-state index in [4.69, 9.17) is 4.74 Å². The fourth-order valence-electron chi connectivity index (χ4n) is 1.40. The maximum atomic E-state index is 5.06. The van der Waals surface area contributed by atoms with Gasteiger partial charge >= 0.3 is 6.01 Å². The summed E-state index contributed by atoms with van der Waals surface area (Å²) >= 11 is 0. The smallest absolute Gasteiger partial charge is 0.322 e. The van der Waals surface area contributed by atoms with E-state index < -0.39 is 0 Å². The SMILES string of the molecule is CCCNc1nc(NCC2CC2)nc(OC)n1. The summed E-state index contributed by atoms with van der Waals surface area (Å²) in [6, 6.07) is 0.344. The van der Waals surface area contributed by atoms with Crippen molar-refractivity contribution in [3.63, 3.8) is 0 Å². The third-order valence-corrected chi connectivity index (χ3v) is 2.58. The molecule has 1 aliphatic rings. The van der Waals surface area contributed by atoms with Crippen LogP contribution < -0.4 is 15.4 Å². The van der Waals surface area contributed by atoms with E-state index >= 15 is 0 Å². The number of ether oxygens (including phenoxy) is 1. The van der Waals surface area contributed by atoms with Crippen LogP contribution in [-0.2, 0) is 0 Å². The molecule has 0 atom stereocenters. The lowest BCUT2D eigenvalue weighted by Gasteiger charge is -2.08. The molecule has 0 spiro atoms. The van der Waals surface area contributed by atoms with Gasteiger partial charge in [0.1, 0.15) is 0 Å². The molecule has 0 bridgehead atoms. The van der Waals surface area contributed by atoms with E-state index in [1.54, 1.807) is 7.11 Å². The molecule has 2 N–H and O–H groups in total. The summed E-state index contributed by atoms with van der Waals surface area (Å²) in [6.45, 7) is 3.87. The van der Waals surface area contributed by atoms with E-state index in [2.05, 4.69) is 32.5 Å². The van der Waals surface area contributed by atoms with E-state index in [0.717, 1.165) is 25.4 Å². The largest absolute Gasteiger partial charge is 0.467 e. The molecule has 0 amide bonds. The van der Waals surface area contributed by atoms with Crippen LogP contribution in [0, 0.1) is 5.92 Å². The van der Waals surface area contributed by atoms with Crippen LogP contribution in [0.2, 0.25) is 0 Å². The average Bonchev–Trinajstić information content (AvgIpc) is 3.17. The minimum absolute atomic E-state index is 0.344. The number of anilines is 2. The van der Waals surface area contributed by atoms with Gasteiger partial charge in [-0.15, -0.1) is 0 Å². The molecule has 0 saturated heterocycles. The Kier molecular flexibility index (Phi) is 3.95. The molecule has 0 aliphatic heterocycles. The first-order valence-corrected chi connectivity index (χ1v) is 6.09. The van der Waals surface area contributed by atoms with Gasteiger partial charge < -0.3 is 15.4 Å².